The molecule has 2 N–H and O–H groups in total. The van der Waals surface area contributed by atoms with E-state index in [1.165, 1.54) is 11.3 Å². The van der Waals surface area contributed by atoms with Crippen LogP contribution >= 0.6 is 27.3 Å². The Labute approximate surface area is 115 Å². The van der Waals surface area contributed by atoms with E-state index in [1.54, 1.807) is 4.52 Å². The van der Waals surface area contributed by atoms with Gasteiger partial charge in [-0.25, -0.2) is 0 Å². The molecule has 0 saturated carbocycles. The molecule has 0 fully saturated rings. The number of ether oxygens (including phenoxy) is 1. The van der Waals surface area contributed by atoms with E-state index in [4.69, 9.17) is 10.5 Å². The van der Waals surface area contributed by atoms with Crippen molar-refractivity contribution in [2.24, 2.45) is 0 Å². The van der Waals surface area contributed by atoms with Gasteiger partial charge in [0.05, 0.1) is 0 Å². The third-order valence-corrected chi connectivity index (χ3v) is 3.51. The predicted octanol–water partition coefficient (Wildman–Crippen LogP) is 2.11. The summed E-state index contributed by atoms with van der Waals surface area (Å²) in [6.07, 6.45) is 0. The number of hydrogen-bond acceptors (Lipinski definition) is 6. The van der Waals surface area contributed by atoms with E-state index < -0.39 is 0 Å². The van der Waals surface area contributed by atoms with Gasteiger partial charge in [-0.1, -0.05) is 27.3 Å². The maximum absolute atomic E-state index is 5.60. The minimum absolute atomic E-state index is 0.298. The van der Waals surface area contributed by atoms with Gasteiger partial charge in [0.2, 0.25) is 10.1 Å². The first-order chi connectivity index (χ1) is 8.72. The fourth-order valence-corrected chi connectivity index (χ4v) is 2.33. The summed E-state index contributed by atoms with van der Waals surface area (Å²) in [6.45, 7) is 0.298. The predicted molar refractivity (Wildman–Crippen MR) is 71.5 cm³/mol. The lowest BCUT2D eigenvalue weighted by Crippen LogP contribution is -2.02. The molecule has 0 spiro atoms. The molecule has 0 aliphatic rings. The third kappa shape index (κ3) is 2.16. The number of hydrogen-bond donors (Lipinski definition) is 1. The van der Waals surface area contributed by atoms with E-state index >= 15 is 0 Å². The van der Waals surface area contributed by atoms with Crippen molar-refractivity contribution in [1.82, 2.24) is 19.8 Å². The molecule has 0 bridgehead atoms. The van der Waals surface area contributed by atoms with E-state index in [9.17, 15) is 0 Å². The lowest BCUT2D eigenvalue weighted by Gasteiger charge is -2.03. The summed E-state index contributed by atoms with van der Waals surface area (Å²) in [7, 11) is 0. The Bertz CT molecular complexity index is 677. The zero-order chi connectivity index (χ0) is 12.5. The Morgan fingerprint density at radius 1 is 1.28 bits per heavy atom. The standard InChI is InChI=1S/C10H8BrN5OS/c11-6-1-3-7(4-2-6)17-5-8-13-14-10-16(8)15-9(12)18-10/h1-4H,5H2,(H2,12,15). The Kier molecular flexibility index (Phi) is 2.88. The van der Waals surface area contributed by atoms with Crippen LogP contribution in [-0.2, 0) is 6.61 Å². The van der Waals surface area contributed by atoms with E-state index in [1.807, 2.05) is 24.3 Å². The zero-order valence-electron chi connectivity index (χ0n) is 9.08. The van der Waals surface area contributed by atoms with Crippen LogP contribution < -0.4 is 10.5 Å². The van der Waals surface area contributed by atoms with Crippen molar-refractivity contribution in [3.05, 3.63) is 34.6 Å². The molecule has 1 aromatic carbocycles. The smallest absolute Gasteiger partial charge is 0.236 e. The van der Waals surface area contributed by atoms with Gasteiger partial charge < -0.3 is 10.5 Å². The molecule has 0 aliphatic heterocycles. The second-order valence-electron chi connectivity index (χ2n) is 3.49. The van der Waals surface area contributed by atoms with Crippen LogP contribution in [0.1, 0.15) is 5.82 Å². The zero-order valence-corrected chi connectivity index (χ0v) is 11.5. The molecule has 8 heteroatoms. The average Bonchev–Trinajstić information content (AvgIpc) is 2.88. The summed E-state index contributed by atoms with van der Waals surface area (Å²) in [4.78, 5) is 0.668. The quantitative estimate of drug-likeness (QED) is 0.797. The Hall–Kier alpha value is -1.67. The molecule has 2 aromatic heterocycles. The Balaban J connectivity index is 1.78. The SMILES string of the molecule is Nc1nn2c(COc3ccc(Br)cc3)nnc2s1. The Morgan fingerprint density at radius 2 is 2.06 bits per heavy atom. The van der Waals surface area contributed by atoms with Crippen LogP contribution in [0.2, 0.25) is 0 Å². The highest BCUT2D eigenvalue weighted by Crippen LogP contribution is 2.18. The fraction of sp³-hybridized carbons (Fsp3) is 0.100. The van der Waals surface area contributed by atoms with Crippen LogP contribution in [0.15, 0.2) is 28.7 Å². The number of nitrogen functional groups attached to an aromatic ring is 1. The molecule has 3 rings (SSSR count). The minimum atomic E-state index is 0.298. The molecule has 0 saturated heterocycles. The number of benzene rings is 1. The van der Waals surface area contributed by atoms with Gasteiger partial charge in [-0.05, 0) is 24.3 Å². The first-order valence-electron chi connectivity index (χ1n) is 5.07. The second kappa shape index (κ2) is 4.54. The number of nitrogens with zero attached hydrogens (tertiary/aromatic N) is 4. The molecule has 0 unspecified atom stereocenters. The fourth-order valence-electron chi connectivity index (χ4n) is 1.44. The van der Waals surface area contributed by atoms with Gasteiger partial charge in [0, 0.05) is 4.47 Å². The molecular formula is C10H8BrN5OS. The van der Waals surface area contributed by atoms with Gasteiger partial charge in [-0.15, -0.1) is 15.3 Å². The average molecular weight is 326 g/mol. The number of nitrogens with two attached hydrogens (primary N) is 1. The number of anilines is 1. The number of aromatic nitrogens is 4. The molecule has 3 aromatic rings. The molecule has 18 heavy (non-hydrogen) atoms. The van der Waals surface area contributed by atoms with Crippen molar-refractivity contribution >= 4 is 37.4 Å². The maximum atomic E-state index is 5.60. The number of fused-ring (bicyclic) bond motifs is 1. The largest absolute Gasteiger partial charge is 0.486 e. The van der Waals surface area contributed by atoms with Crippen LogP contribution in [0.5, 0.6) is 5.75 Å². The summed E-state index contributed by atoms with van der Waals surface area (Å²) < 4.78 is 8.20. The van der Waals surface area contributed by atoms with E-state index in [2.05, 4.69) is 31.2 Å². The van der Waals surface area contributed by atoms with Gasteiger partial charge in [-0.3, -0.25) is 0 Å². The number of halogens is 1. The van der Waals surface area contributed by atoms with E-state index in [-0.39, 0.29) is 0 Å². The highest BCUT2D eigenvalue weighted by Gasteiger charge is 2.10. The van der Waals surface area contributed by atoms with Gasteiger partial charge in [0.25, 0.3) is 0 Å². The highest BCUT2D eigenvalue weighted by atomic mass is 79.9. The van der Waals surface area contributed by atoms with Crippen LogP contribution in [0.25, 0.3) is 4.96 Å². The lowest BCUT2D eigenvalue weighted by atomic mass is 10.3. The van der Waals surface area contributed by atoms with Crippen LogP contribution in [0.4, 0.5) is 5.13 Å². The maximum Gasteiger partial charge on any atom is 0.236 e. The first-order valence-corrected chi connectivity index (χ1v) is 6.68. The molecule has 92 valence electrons. The van der Waals surface area contributed by atoms with Crippen molar-refractivity contribution < 1.29 is 4.74 Å². The molecule has 6 nitrogen and oxygen atoms in total. The van der Waals surface area contributed by atoms with Crippen LogP contribution in [0, 0.1) is 0 Å². The second-order valence-corrected chi connectivity index (χ2v) is 5.40. The van der Waals surface area contributed by atoms with Crippen molar-refractivity contribution in [2.45, 2.75) is 6.61 Å². The van der Waals surface area contributed by atoms with Gasteiger partial charge in [-0.2, -0.15) is 4.52 Å². The third-order valence-electron chi connectivity index (χ3n) is 2.25. The summed E-state index contributed by atoms with van der Waals surface area (Å²) in [5, 5.41) is 12.5. The molecule has 0 aliphatic carbocycles. The van der Waals surface area contributed by atoms with Crippen molar-refractivity contribution in [2.75, 3.05) is 5.73 Å². The first kappa shape index (κ1) is 11.4. The van der Waals surface area contributed by atoms with Crippen LogP contribution in [-0.4, -0.2) is 19.8 Å². The molecule has 2 heterocycles. The van der Waals surface area contributed by atoms with Crippen molar-refractivity contribution in [1.29, 1.82) is 0 Å². The molecule has 0 radical (unpaired) electrons. The summed E-state index contributed by atoms with van der Waals surface area (Å²) >= 11 is 4.66. The van der Waals surface area contributed by atoms with E-state index in [0.29, 0.717) is 22.5 Å². The molecule has 0 atom stereocenters. The Morgan fingerprint density at radius 3 is 2.83 bits per heavy atom. The van der Waals surface area contributed by atoms with Crippen LogP contribution in [0.3, 0.4) is 0 Å². The minimum Gasteiger partial charge on any atom is -0.486 e. The number of rotatable bonds is 3. The molecular weight excluding hydrogens is 318 g/mol. The van der Waals surface area contributed by atoms with E-state index in [0.717, 1.165) is 10.2 Å². The summed E-state index contributed by atoms with van der Waals surface area (Å²) in [6, 6.07) is 7.57. The normalized spacial score (nSPS) is 10.9. The van der Waals surface area contributed by atoms with Gasteiger partial charge in [0.15, 0.2) is 5.82 Å². The van der Waals surface area contributed by atoms with Gasteiger partial charge in [0.1, 0.15) is 12.4 Å². The molecule has 0 amide bonds. The summed E-state index contributed by atoms with van der Waals surface area (Å²) in [5.41, 5.74) is 5.60. The van der Waals surface area contributed by atoms with Crippen molar-refractivity contribution in [3.63, 3.8) is 0 Å². The highest BCUT2D eigenvalue weighted by molar-refractivity contribution is 9.10. The topological polar surface area (TPSA) is 78.3 Å². The summed E-state index contributed by atoms with van der Waals surface area (Å²) in [5.74, 6) is 1.39. The monoisotopic (exact) mass is 325 g/mol. The van der Waals surface area contributed by atoms with Crippen molar-refractivity contribution in [3.8, 4) is 5.75 Å². The lowest BCUT2D eigenvalue weighted by molar-refractivity contribution is 0.293. The van der Waals surface area contributed by atoms with Gasteiger partial charge >= 0.3 is 0 Å².